The minimum Gasteiger partial charge on any atom is -0.399 e. The molecule has 0 aliphatic carbocycles. The normalized spacial score (nSPS) is 12.6. The highest BCUT2D eigenvalue weighted by molar-refractivity contribution is 6.29. The summed E-state index contributed by atoms with van der Waals surface area (Å²) < 4.78 is 0. The Kier molecular flexibility index (Phi) is 3.55. The molecule has 1 rings (SSSR count). The molecular formula is C9H14ClN3O. The molecule has 3 N–H and O–H groups in total. The number of hydrogen-bond donors (Lipinski definition) is 2. The Labute approximate surface area is 88.3 Å². The van der Waals surface area contributed by atoms with Crippen LogP contribution >= 0.6 is 11.6 Å². The van der Waals surface area contributed by atoms with Crippen molar-refractivity contribution < 1.29 is 5.11 Å². The summed E-state index contributed by atoms with van der Waals surface area (Å²) in [5.41, 5.74) is 6.18. The van der Waals surface area contributed by atoms with E-state index in [0.29, 0.717) is 23.2 Å². The molecule has 1 aromatic rings. The van der Waals surface area contributed by atoms with Crippen molar-refractivity contribution in [1.29, 1.82) is 0 Å². The van der Waals surface area contributed by atoms with Gasteiger partial charge in [-0.05, 0) is 13.0 Å². The number of aliphatic hydroxyl groups excluding tert-OH is 1. The van der Waals surface area contributed by atoms with E-state index in [9.17, 15) is 5.11 Å². The number of aromatic nitrogens is 1. The molecule has 0 aliphatic rings. The zero-order chi connectivity index (χ0) is 10.7. The van der Waals surface area contributed by atoms with Gasteiger partial charge in [0.1, 0.15) is 11.0 Å². The predicted octanol–water partition coefficient (Wildman–Crippen LogP) is 1.13. The Bertz CT molecular complexity index is 297. The molecule has 0 saturated heterocycles. The van der Waals surface area contributed by atoms with Gasteiger partial charge in [-0.2, -0.15) is 0 Å². The lowest BCUT2D eigenvalue weighted by molar-refractivity contribution is 0.201. The van der Waals surface area contributed by atoms with Crippen LogP contribution in [0.25, 0.3) is 0 Å². The van der Waals surface area contributed by atoms with Crippen LogP contribution in [0.3, 0.4) is 0 Å². The van der Waals surface area contributed by atoms with Gasteiger partial charge in [-0.3, -0.25) is 0 Å². The summed E-state index contributed by atoms with van der Waals surface area (Å²) in [6.45, 7) is 2.21. The summed E-state index contributed by atoms with van der Waals surface area (Å²) in [7, 11) is 1.82. The summed E-state index contributed by atoms with van der Waals surface area (Å²) >= 11 is 5.75. The molecule has 0 saturated carbocycles. The van der Waals surface area contributed by atoms with Gasteiger partial charge < -0.3 is 15.7 Å². The zero-order valence-corrected chi connectivity index (χ0v) is 8.99. The SMILES string of the molecule is CC(O)CN(C)c1cc(N)cc(Cl)n1. The third kappa shape index (κ3) is 3.05. The highest BCUT2D eigenvalue weighted by atomic mass is 35.5. The highest BCUT2D eigenvalue weighted by Gasteiger charge is 2.07. The fourth-order valence-corrected chi connectivity index (χ4v) is 1.40. The summed E-state index contributed by atoms with van der Waals surface area (Å²) in [6.07, 6.45) is -0.415. The molecule has 4 nitrogen and oxygen atoms in total. The molecule has 5 heteroatoms. The van der Waals surface area contributed by atoms with Crippen LogP contribution in [0.1, 0.15) is 6.92 Å². The van der Waals surface area contributed by atoms with E-state index < -0.39 is 6.10 Å². The highest BCUT2D eigenvalue weighted by Crippen LogP contribution is 2.18. The van der Waals surface area contributed by atoms with Gasteiger partial charge in [-0.1, -0.05) is 11.6 Å². The zero-order valence-electron chi connectivity index (χ0n) is 8.24. The fraction of sp³-hybridized carbons (Fsp3) is 0.444. The number of anilines is 2. The first kappa shape index (κ1) is 11.1. The van der Waals surface area contributed by atoms with Gasteiger partial charge in [0, 0.05) is 25.3 Å². The number of rotatable bonds is 3. The predicted molar refractivity (Wildman–Crippen MR) is 58.6 cm³/mol. The largest absolute Gasteiger partial charge is 0.399 e. The van der Waals surface area contributed by atoms with Crippen LogP contribution in [0.5, 0.6) is 0 Å². The van der Waals surface area contributed by atoms with E-state index in [4.69, 9.17) is 17.3 Å². The van der Waals surface area contributed by atoms with Crippen LogP contribution in [0.2, 0.25) is 5.15 Å². The van der Waals surface area contributed by atoms with Crippen molar-refractivity contribution in [2.24, 2.45) is 0 Å². The van der Waals surface area contributed by atoms with Crippen molar-refractivity contribution in [1.82, 2.24) is 4.98 Å². The molecule has 0 fully saturated rings. The van der Waals surface area contributed by atoms with E-state index in [1.165, 1.54) is 0 Å². The number of halogens is 1. The van der Waals surface area contributed by atoms with E-state index >= 15 is 0 Å². The molecule has 0 aliphatic heterocycles. The molecule has 0 spiro atoms. The fourth-order valence-electron chi connectivity index (χ4n) is 1.19. The topological polar surface area (TPSA) is 62.4 Å². The third-order valence-corrected chi connectivity index (χ3v) is 1.93. The van der Waals surface area contributed by atoms with Crippen molar-refractivity contribution in [2.75, 3.05) is 24.2 Å². The minimum atomic E-state index is -0.415. The minimum absolute atomic E-state index is 0.359. The summed E-state index contributed by atoms with van der Waals surface area (Å²) in [6, 6.07) is 3.30. The molecule has 1 atom stereocenters. The number of pyridine rings is 1. The number of nitrogens with zero attached hydrogens (tertiary/aromatic N) is 2. The van der Waals surface area contributed by atoms with Crippen LogP contribution in [0.4, 0.5) is 11.5 Å². The average molecular weight is 216 g/mol. The molecule has 0 amide bonds. The second-order valence-electron chi connectivity index (χ2n) is 3.31. The lowest BCUT2D eigenvalue weighted by Crippen LogP contribution is -2.27. The molecule has 1 unspecified atom stereocenters. The van der Waals surface area contributed by atoms with Crippen LogP contribution in [-0.4, -0.2) is 29.8 Å². The second kappa shape index (κ2) is 4.48. The van der Waals surface area contributed by atoms with Crippen LogP contribution < -0.4 is 10.6 Å². The molecule has 1 heterocycles. The number of nitrogens with two attached hydrogens (primary N) is 1. The molecule has 1 aromatic heterocycles. The van der Waals surface area contributed by atoms with Gasteiger partial charge in [-0.15, -0.1) is 0 Å². The van der Waals surface area contributed by atoms with E-state index in [2.05, 4.69) is 4.98 Å². The van der Waals surface area contributed by atoms with E-state index in [1.54, 1.807) is 24.0 Å². The summed E-state index contributed by atoms with van der Waals surface area (Å²) in [5.74, 6) is 0.663. The number of aliphatic hydroxyl groups is 1. The van der Waals surface area contributed by atoms with E-state index in [0.717, 1.165) is 0 Å². The first-order valence-corrected chi connectivity index (χ1v) is 4.69. The molecule has 78 valence electrons. The van der Waals surface area contributed by atoms with Gasteiger partial charge >= 0.3 is 0 Å². The quantitative estimate of drug-likeness (QED) is 0.743. The summed E-state index contributed by atoms with van der Waals surface area (Å²) in [5, 5.41) is 9.55. The van der Waals surface area contributed by atoms with Crippen LogP contribution in [0, 0.1) is 0 Å². The lowest BCUT2D eigenvalue weighted by Gasteiger charge is -2.20. The second-order valence-corrected chi connectivity index (χ2v) is 3.70. The summed E-state index contributed by atoms with van der Waals surface area (Å²) in [4.78, 5) is 5.89. The van der Waals surface area contributed by atoms with Crippen LogP contribution in [0.15, 0.2) is 12.1 Å². The van der Waals surface area contributed by atoms with Gasteiger partial charge in [0.25, 0.3) is 0 Å². The molecule has 0 radical (unpaired) electrons. The smallest absolute Gasteiger partial charge is 0.133 e. The van der Waals surface area contributed by atoms with E-state index in [-0.39, 0.29) is 0 Å². The average Bonchev–Trinajstić information content (AvgIpc) is 2.00. The maximum absolute atomic E-state index is 9.19. The number of likely N-dealkylation sites (N-methyl/N-ethyl adjacent to an activating group) is 1. The van der Waals surface area contributed by atoms with Gasteiger partial charge in [-0.25, -0.2) is 4.98 Å². The molecule has 0 aromatic carbocycles. The Hall–Kier alpha value is -1.00. The monoisotopic (exact) mass is 215 g/mol. The van der Waals surface area contributed by atoms with Crippen molar-refractivity contribution in [3.63, 3.8) is 0 Å². The lowest BCUT2D eigenvalue weighted by atomic mass is 10.3. The van der Waals surface area contributed by atoms with Crippen molar-refractivity contribution in [3.8, 4) is 0 Å². The Morgan fingerprint density at radius 2 is 2.29 bits per heavy atom. The molecular weight excluding hydrogens is 202 g/mol. The Morgan fingerprint density at radius 3 is 2.79 bits per heavy atom. The van der Waals surface area contributed by atoms with Crippen molar-refractivity contribution in [3.05, 3.63) is 17.3 Å². The van der Waals surface area contributed by atoms with Crippen LogP contribution in [-0.2, 0) is 0 Å². The van der Waals surface area contributed by atoms with Gasteiger partial charge in [0.05, 0.1) is 6.10 Å². The maximum Gasteiger partial charge on any atom is 0.133 e. The van der Waals surface area contributed by atoms with Crippen molar-refractivity contribution in [2.45, 2.75) is 13.0 Å². The first-order valence-electron chi connectivity index (χ1n) is 4.31. The number of hydrogen-bond acceptors (Lipinski definition) is 4. The van der Waals surface area contributed by atoms with E-state index in [1.807, 2.05) is 7.05 Å². The number of nitrogen functional groups attached to an aromatic ring is 1. The molecule has 0 bridgehead atoms. The Balaban J connectivity index is 2.84. The third-order valence-electron chi connectivity index (χ3n) is 1.73. The standard InChI is InChI=1S/C9H14ClN3O/c1-6(14)5-13(2)9-4-7(11)3-8(10)12-9/h3-4,6,14H,5H2,1-2H3,(H2,11,12). The Morgan fingerprint density at radius 1 is 1.64 bits per heavy atom. The first-order chi connectivity index (χ1) is 6.49. The van der Waals surface area contributed by atoms with Gasteiger partial charge in [0.15, 0.2) is 0 Å². The maximum atomic E-state index is 9.19. The van der Waals surface area contributed by atoms with Gasteiger partial charge in [0.2, 0.25) is 0 Å². The van der Waals surface area contributed by atoms with Crippen molar-refractivity contribution >= 4 is 23.1 Å². The molecule has 14 heavy (non-hydrogen) atoms.